The van der Waals surface area contributed by atoms with Crippen LogP contribution in [0.2, 0.25) is 0 Å². The average Bonchev–Trinajstić information content (AvgIpc) is 2.45. The van der Waals surface area contributed by atoms with Crippen LogP contribution in [0.15, 0.2) is 42.5 Å². The van der Waals surface area contributed by atoms with E-state index in [1.165, 1.54) is 12.1 Å². The Kier molecular flexibility index (Phi) is 4.20. The van der Waals surface area contributed by atoms with Gasteiger partial charge in [-0.1, -0.05) is 12.1 Å². The number of carboxylic acids is 1. The molecule has 2 aromatic carbocycles. The molecule has 0 saturated carbocycles. The van der Waals surface area contributed by atoms with Gasteiger partial charge in [-0.25, -0.2) is 9.18 Å². The zero-order valence-corrected chi connectivity index (χ0v) is 10.8. The van der Waals surface area contributed by atoms with Gasteiger partial charge in [0, 0.05) is 6.07 Å². The second kappa shape index (κ2) is 6.06. The second-order valence-electron chi connectivity index (χ2n) is 4.09. The van der Waals surface area contributed by atoms with E-state index in [0.717, 1.165) is 11.6 Å². The number of methoxy groups -OCH3 is 1. The molecule has 0 radical (unpaired) electrons. The van der Waals surface area contributed by atoms with Crippen molar-refractivity contribution in [1.82, 2.24) is 0 Å². The molecule has 0 aliphatic rings. The van der Waals surface area contributed by atoms with Gasteiger partial charge < -0.3 is 14.6 Å². The third-order valence-corrected chi connectivity index (χ3v) is 2.71. The van der Waals surface area contributed by atoms with Crippen molar-refractivity contribution in [1.29, 1.82) is 0 Å². The van der Waals surface area contributed by atoms with Crippen LogP contribution in [0.4, 0.5) is 4.39 Å². The zero-order chi connectivity index (χ0) is 14.5. The number of benzene rings is 2. The summed E-state index contributed by atoms with van der Waals surface area (Å²) >= 11 is 0. The van der Waals surface area contributed by atoms with Crippen LogP contribution in [0.5, 0.6) is 11.5 Å². The minimum atomic E-state index is -1.30. The lowest BCUT2D eigenvalue weighted by molar-refractivity contribution is 0.0692. The quantitative estimate of drug-likeness (QED) is 0.911. The Morgan fingerprint density at radius 3 is 2.65 bits per heavy atom. The predicted octanol–water partition coefficient (Wildman–Crippen LogP) is 3.11. The van der Waals surface area contributed by atoms with E-state index in [1.54, 1.807) is 7.11 Å². The lowest BCUT2D eigenvalue weighted by Gasteiger charge is -2.08. The average molecular weight is 276 g/mol. The highest BCUT2D eigenvalue weighted by Gasteiger charge is 2.10. The van der Waals surface area contributed by atoms with Crippen molar-refractivity contribution in [2.24, 2.45) is 0 Å². The highest BCUT2D eigenvalue weighted by atomic mass is 19.1. The van der Waals surface area contributed by atoms with Crippen LogP contribution in [0.3, 0.4) is 0 Å². The fourth-order valence-corrected chi connectivity index (χ4v) is 1.69. The van der Waals surface area contributed by atoms with Crippen molar-refractivity contribution in [2.75, 3.05) is 7.11 Å². The Hall–Kier alpha value is -2.56. The van der Waals surface area contributed by atoms with Crippen LogP contribution in [0.1, 0.15) is 15.9 Å². The summed E-state index contributed by atoms with van der Waals surface area (Å²) < 4.78 is 24.0. The second-order valence-corrected chi connectivity index (χ2v) is 4.09. The molecule has 0 amide bonds. The number of hydrogen-bond acceptors (Lipinski definition) is 3. The first-order valence-corrected chi connectivity index (χ1v) is 5.88. The van der Waals surface area contributed by atoms with Gasteiger partial charge >= 0.3 is 5.97 Å². The number of halogens is 1. The van der Waals surface area contributed by atoms with E-state index < -0.39 is 11.8 Å². The molecule has 20 heavy (non-hydrogen) atoms. The van der Waals surface area contributed by atoms with E-state index in [2.05, 4.69) is 0 Å². The molecule has 2 rings (SSSR count). The maximum Gasteiger partial charge on any atom is 0.338 e. The maximum absolute atomic E-state index is 13.5. The molecule has 4 nitrogen and oxygen atoms in total. The fourth-order valence-electron chi connectivity index (χ4n) is 1.69. The molecule has 0 spiro atoms. The van der Waals surface area contributed by atoms with Crippen molar-refractivity contribution in [3.05, 3.63) is 59.4 Å². The van der Waals surface area contributed by atoms with Gasteiger partial charge in [0.1, 0.15) is 23.9 Å². The van der Waals surface area contributed by atoms with E-state index in [4.69, 9.17) is 14.6 Å². The summed E-state index contributed by atoms with van der Waals surface area (Å²) in [7, 11) is 1.57. The van der Waals surface area contributed by atoms with Crippen LogP contribution in [-0.4, -0.2) is 18.2 Å². The van der Waals surface area contributed by atoms with Crippen LogP contribution >= 0.6 is 0 Å². The van der Waals surface area contributed by atoms with E-state index in [0.29, 0.717) is 5.75 Å². The van der Waals surface area contributed by atoms with E-state index in [-0.39, 0.29) is 17.9 Å². The van der Waals surface area contributed by atoms with Gasteiger partial charge in [-0.05, 0) is 29.8 Å². The molecule has 0 heterocycles. The highest BCUT2D eigenvalue weighted by molar-refractivity contribution is 5.88. The summed E-state index contributed by atoms with van der Waals surface area (Å²) in [5.74, 6) is -1.14. The maximum atomic E-state index is 13.5. The molecule has 104 valence electrons. The smallest absolute Gasteiger partial charge is 0.338 e. The van der Waals surface area contributed by atoms with Crippen LogP contribution in [-0.2, 0) is 6.61 Å². The summed E-state index contributed by atoms with van der Waals surface area (Å²) in [5.41, 5.74) is 0.491. The van der Waals surface area contributed by atoms with Crippen molar-refractivity contribution in [2.45, 2.75) is 6.61 Å². The number of carbonyl (C=O) groups is 1. The fraction of sp³-hybridized carbons (Fsp3) is 0.133. The molecule has 0 unspecified atom stereocenters. The van der Waals surface area contributed by atoms with Gasteiger partial charge in [0.2, 0.25) is 0 Å². The lowest BCUT2D eigenvalue weighted by Crippen LogP contribution is -2.02. The minimum absolute atomic E-state index is 0.239. The zero-order valence-electron chi connectivity index (χ0n) is 10.8. The Bertz CT molecular complexity index is 625. The number of carboxylic acid groups (broad SMARTS) is 1. The first-order valence-electron chi connectivity index (χ1n) is 5.88. The molecule has 0 bridgehead atoms. The van der Waals surface area contributed by atoms with Crippen molar-refractivity contribution < 1.29 is 23.8 Å². The summed E-state index contributed by atoms with van der Waals surface area (Å²) in [6.07, 6.45) is 0. The largest absolute Gasteiger partial charge is 0.497 e. The molecule has 0 atom stereocenters. The van der Waals surface area contributed by atoms with Gasteiger partial charge in [-0.2, -0.15) is 0 Å². The molecule has 1 N–H and O–H groups in total. The molecular weight excluding hydrogens is 263 g/mol. The Morgan fingerprint density at radius 1 is 1.20 bits per heavy atom. The van der Waals surface area contributed by atoms with Crippen molar-refractivity contribution >= 4 is 5.97 Å². The van der Waals surface area contributed by atoms with E-state index in [9.17, 15) is 9.18 Å². The molecule has 0 aromatic heterocycles. The molecule has 5 heteroatoms. The summed E-state index contributed by atoms with van der Waals surface area (Å²) in [6.45, 7) is 0.239. The van der Waals surface area contributed by atoms with E-state index in [1.807, 2.05) is 24.3 Å². The SMILES string of the molecule is COc1cccc(COc2ccc(C(=O)O)c(F)c2)c1. The standard InChI is InChI=1S/C15H13FO4/c1-19-11-4-2-3-10(7-11)9-20-12-5-6-13(15(17)18)14(16)8-12/h2-8H,9H2,1H3,(H,17,18). The van der Waals surface area contributed by atoms with Gasteiger partial charge in [0.25, 0.3) is 0 Å². The first kappa shape index (κ1) is 13.9. The van der Waals surface area contributed by atoms with Gasteiger partial charge in [-0.3, -0.25) is 0 Å². The Labute approximate surface area is 115 Å². The van der Waals surface area contributed by atoms with Crippen molar-refractivity contribution in [3.8, 4) is 11.5 Å². The van der Waals surface area contributed by atoms with Crippen LogP contribution in [0, 0.1) is 5.82 Å². The Morgan fingerprint density at radius 2 is 2.00 bits per heavy atom. The predicted molar refractivity (Wildman–Crippen MR) is 70.7 cm³/mol. The monoisotopic (exact) mass is 276 g/mol. The van der Waals surface area contributed by atoms with Gasteiger partial charge in [0.15, 0.2) is 0 Å². The topological polar surface area (TPSA) is 55.8 Å². The van der Waals surface area contributed by atoms with Gasteiger partial charge in [0.05, 0.1) is 12.7 Å². The van der Waals surface area contributed by atoms with Crippen LogP contribution < -0.4 is 9.47 Å². The minimum Gasteiger partial charge on any atom is -0.497 e. The Balaban J connectivity index is 2.07. The van der Waals surface area contributed by atoms with Crippen LogP contribution in [0.25, 0.3) is 0 Å². The summed E-state index contributed by atoms with van der Waals surface area (Å²) in [4.78, 5) is 10.7. The molecule has 0 aliphatic carbocycles. The highest BCUT2D eigenvalue weighted by Crippen LogP contribution is 2.19. The number of ether oxygens (including phenoxy) is 2. The van der Waals surface area contributed by atoms with Gasteiger partial charge in [-0.15, -0.1) is 0 Å². The molecule has 2 aromatic rings. The summed E-state index contributed by atoms with van der Waals surface area (Å²) in [5, 5.41) is 8.73. The normalized spacial score (nSPS) is 10.1. The van der Waals surface area contributed by atoms with E-state index >= 15 is 0 Å². The molecule has 0 aliphatic heterocycles. The number of hydrogen-bond donors (Lipinski definition) is 1. The van der Waals surface area contributed by atoms with Crippen molar-refractivity contribution in [3.63, 3.8) is 0 Å². The lowest BCUT2D eigenvalue weighted by atomic mass is 10.2. The first-order chi connectivity index (χ1) is 9.60. The molecule has 0 fully saturated rings. The molecule has 0 saturated heterocycles. The molecular formula is C15H13FO4. The number of aromatic carboxylic acids is 1. The summed E-state index contributed by atoms with van der Waals surface area (Å²) in [6, 6.07) is 11.0. The number of rotatable bonds is 5. The third kappa shape index (κ3) is 3.26. The third-order valence-electron chi connectivity index (χ3n) is 2.71.